The number of benzene rings is 10. The van der Waals surface area contributed by atoms with E-state index in [4.69, 9.17) is 29.8 Å². The highest BCUT2D eigenvalue weighted by Gasteiger charge is 2.43. The summed E-state index contributed by atoms with van der Waals surface area (Å²) in [5.74, 6) is 1.44. The number of rotatable bonds is 10. The summed E-state index contributed by atoms with van der Waals surface area (Å²) in [6.45, 7) is 9.28. The van der Waals surface area contributed by atoms with E-state index in [0.29, 0.717) is 23.4 Å². The lowest BCUT2D eigenvalue weighted by atomic mass is 9.64. The van der Waals surface area contributed by atoms with Gasteiger partial charge in [-0.15, -0.1) is 0 Å². The van der Waals surface area contributed by atoms with Crippen LogP contribution in [0.5, 0.6) is 0 Å². The molecule has 0 bridgehead atoms. The number of aromatic nitrogens is 2. The highest BCUT2D eigenvalue weighted by Crippen LogP contribution is 2.57. The first-order chi connectivity index (χ1) is 42.9. The second kappa shape index (κ2) is 20.8. The Morgan fingerprint density at radius 3 is 1.43 bits per heavy atom. The second-order valence-corrected chi connectivity index (χ2v) is 22.6. The van der Waals surface area contributed by atoms with E-state index < -0.39 is 5.41 Å². The third-order valence-corrected chi connectivity index (χ3v) is 17.3. The van der Waals surface area contributed by atoms with Gasteiger partial charge in [0, 0.05) is 95.4 Å². The van der Waals surface area contributed by atoms with Crippen LogP contribution < -0.4 is 9.80 Å². The summed E-state index contributed by atoms with van der Waals surface area (Å²) in [5.41, 5.74) is 18.0. The summed E-state index contributed by atoms with van der Waals surface area (Å²) in [4.78, 5) is 15.5. The summed E-state index contributed by atoms with van der Waals surface area (Å²) in [5, 5.41) is 6.10. The van der Waals surface area contributed by atoms with E-state index in [2.05, 4.69) is 266 Å². The molecule has 0 spiro atoms. The minimum absolute atomic E-state index is 0.601. The van der Waals surface area contributed by atoms with Crippen molar-refractivity contribution in [3.63, 3.8) is 0 Å². The molecule has 0 unspecified atom stereocenters. The van der Waals surface area contributed by atoms with Crippen LogP contribution in [0.1, 0.15) is 39.8 Å². The standard InChI is InChI=1S/C80H56N4O3/c1-51-46-65(62-39-23-37-60-58-35-18-20-43-69(58)85-75(60)62)78(81-49-51)83(56-31-14-6-15-32-56)67-42-25-41-64-73-71(87-77(64)67)48-68(72-53(3)26-9-8-22-45-80(74(72)73,54-27-10-4-11-28-54)55-29-12-5-13-30-55)84(57-33-16-7-17-34-57)79-66(47-52(2)50-82-79)63-40-24-38-61-59-36-19-21-44-70(59)86-76(61)63/h4-44,46-50H,3,45H2,1-2H3/b22-8-,26-9-. The van der Waals surface area contributed by atoms with Gasteiger partial charge in [-0.05, 0) is 108 Å². The molecule has 0 atom stereocenters. The van der Waals surface area contributed by atoms with Crippen molar-refractivity contribution < 1.29 is 13.3 Å². The summed E-state index contributed by atoms with van der Waals surface area (Å²) < 4.78 is 21.5. The minimum atomic E-state index is -0.841. The molecule has 5 heterocycles. The predicted octanol–water partition coefficient (Wildman–Crippen LogP) is 21.9. The first-order valence-electron chi connectivity index (χ1n) is 29.5. The van der Waals surface area contributed by atoms with Gasteiger partial charge in [-0.1, -0.05) is 213 Å². The van der Waals surface area contributed by atoms with Crippen LogP contribution in [-0.2, 0) is 5.41 Å². The van der Waals surface area contributed by atoms with Crippen molar-refractivity contribution >= 4 is 106 Å². The minimum Gasteiger partial charge on any atom is -0.455 e. The molecule has 0 amide bonds. The van der Waals surface area contributed by atoms with Gasteiger partial charge >= 0.3 is 0 Å². The molecule has 87 heavy (non-hydrogen) atoms. The molecule has 0 N–H and O–H groups in total. The maximum absolute atomic E-state index is 7.83. The Morgan fingerprint density at radius 1 is 0.414 bits per heavy atom. The van der Waals surface area contributed by atoms with Crippen LogP contribution in [0.15, 0.2) is 299 Å². The Bertz CT molecular complexity index is 5210. The lowest BCUT2D eigenvalue weighted by molar-refractivity contribution is 0.629. The number of anilines is 6. The van der Waals surface area contributed by atoms with Crippen LogP contribution in [-0.4, -0.2) is 9.97 Å². The zero-order valence-corrected chi connectivity index (χ0v) is 48.0. The van der Waals surface area contributed by atoms with Crippen molar-refractivity contribution in [2.24, 2.45) is 0 Å². The maximum Gasteiger partial charge on any atom is 0.159 e. The van der Waals surface area contributed by atoms with E-state index >= 15 is 0 Å². The molecule has 0 fully saturated rings. The quantitative estimate of drug-likeness (QED) is 0.135. The second-order valence-electron chi connectivity index (χ2n) is 22.6. The summed E-state index contributed by atoms with van der Waals surface area (Å²) in [6, 6.07) is 85.5. The van der Waals surface area contributed by atoms with Crippen LogP contribution in [0.25, 0.3) is 93.6 Å². The van der Waals surface area contributed by atoms with E-state index in [1.807, 2.05) is 36.7 Å². The first kappa shape index (κ1) is 51.4. The summed E-state index contributed by atoms with van der Waals surface area (Å²) in [6.07, 6.45) is 13.3. The van der Waals surface area contributed by atoms with Crippen LogP contribution in [0.2, 0.25) is 0 Å². The third-order valence-electron chi connectivity index (χ3n) is 17.3. The van der Waals surface area contributed by atoms with E-state index in [0.717, 1.165) is 144 Å². The number of hydrogen-bond acceptors (Lipinski definition) is 7. The molecule has 414 valence electrons. The largest absolute Gasteiger partial charge is 0.455 e. The zero-order chi connectivity index (χ0) is 58.2. The van der Waals surface area contributed by atoms with Gasteiger partial charge in [0.15, 0.2) is 5.58 Å². The number of allylic oxidation sites excluding steroid dienone is 5. The molecular weight excluding hydrogens is 1060 g/mol. The van der Waals surface area contributed by atoms with Gasteiger partial charge in [0.1, 0.15) is 39.6 Å². The lowest BCUT2D eigenvalue weighted by Crippen LogP contribution is -2.31. The van der Waals surface area contributed by atoms with E-state index in [1.54, 1.807) is 0 Å². The third kappa shape index (κ3) is 8.34. The van der Waals surface area contributed by atoms with Crippen molar-refractivity contribution in [3.05, 3.63) is 319 Å². The smallest absolute Gasteiger partial charge is 0.159 e. The van der Waals surface area contributed by atoms with E-state index in [-0.39, 0.29) is 0 Å². The number of hydrogen-bond donors (Lipinski definition) is 0. The monoisotopic (exact) mass is 1120 g/mol. The van der Waals surface area contributed by atoms with Crippen molar-refractivity contribution in [1.29, 1.82) is 0 Å². The lowest BCUT2D eigenvalue weighted by Gasteiger charge is -2.39. The van der Waals surface area contributed by atoms with Gasteiger partial charge in [-0.3, -0.25) is 9.80 Å². The van der Waals surface area contributed by atoms with Crippen LogP contribution in [0.3, 0.4) is 0 Å². The molecule has 16 rings (SSSR count). The normalized spacial score (nSPS) is 13.9. The SMILES string of the molecule is C=C1/C=C\C=C/CC(c2ccccc2)(c2ccccc2)c2c1c(N(c1ccccc1)c1ncc(C)cc1-c1cccc3c1oc1ccccc13)cc1oc3c(N(c4ccccc4)c4ncc(C)cc4-c4cccc5c4oc4ccccc45)cccc3c21. The highest BCUT2D eigenvalue weighted by molar-refractivity contribution is 6.17. The molecular formula is C80H56N4O3. The van der Waals surface area contributed by atoms with Crippen LogP contribution >= 0.6 is 0 Å². The average molecular weight is 1120 g/mol. The Morgan fingerprint density at radius 2 is 0.874 bits per heavy atom. The molecule has 7 nitrogen and oxygen atoms in total. The molecule has 0 radical (unpaired) electrons. The predicted molar refractivity (Wildman–Crippen MR) is 358 cm³/mol. The Kier molecular flexibility index (Phi) is 12.3. The van der Waals surface area contributed by atoms with Gasteiger partial charge in [0.2, 0.25) is 0 Å². The molecule has 1 aliphatic carbocycles. The molecule has 15 aromatic rings. The van der Waals surface area contributed by atoms with Crippen molar-refractivity contribution in [3.8, 4) is 22.3 Å². The average Bonchev–Trinajstić information content (AvgIpc) is 1.80. The van der Waals surface area contributed by atoms with E-state index in [1.165, 1.54) is 0 Å². The first-order valence-corrected chi connectivity index (χ1v) is 29.5. The van der Waals surface area contributed by atoms with Crippen molar-refractivity contribution in [2.45, 2.75) is 25.7 Å². The van der Waals surface area contributed by atoms with E-state index in [9.17, 15) is 0 Å². The summed E-state index contributed by atoms with van der Waals surface area (Å²) >= 11 is 0. The molecule has 1 aliphatic rings. The van der Waals surface area contributed by atoms with Gasteiger partial charge in [0.25, 0.3) is 0 Å². The topological polar surface area (TPSA) is 71.7 Å². The van der Waals surface area contributed by atoms with Gasteiger partial charge < -0.3 is 13.3 Å². The van der Waals surface area contributed by atoms with Crippen LogP contribution in [0, 0.1) is 13.8 Å². The fourth-order valence-electron chi connectivity index (χ4n) is 13.6. The van der Waals surface area contributed by atoms with Gasteiger partial charge in [0.05, 0.1) is 11.4 Å². The van der Waals surface area contributed by atoms with Gasteiger partial charge in [-0.2, -0.15) is 0 Å². The molecule has 10 aromatic carbocycles. The number of aryl methyl sites for hydroxylation is 2. The fourth-order valence-corrected chi connectivity index (χ4v) is 13.6. The number of fused-ring (bicyclic) bond motifs is 11. The fraction of sp³-hybridized carbons (Fsp3) is 0.0500. The Labute approximate surface area is 503 Å². The Balaban J connectivity index is 1.05. The number of pyridine rings is 2. The molecule has 0 aliphatic heterocycles. The zero-order valence-electron chi connectivity index (χ0n) is 48.0. The number of furan rings is 3. The molecule has 0 saturated carbocycles. The molecule has 7 heteroatoms. The highest BCUT2D eigenvalue weighted by atomic mass is 16.3. The van der Waals surface area contributed by atoms with Gasteiger partial charge in [-0.25, -0.2) is 9.97 Å². The van der Waals surface area contributed by atoms with Crippen LogP contribution in [0.4, 0.5) is 34.4 Å². The summed E-state index contributed by atoms with van der Waals surface area (Å²) in [7, 11) is 0. The van der Waals surface area contributed by atoms with Crippen molar-refractivity contribution in [2.75, 3.05) is 9.80 Å². The molecule has 0 saturated heterocycles. The number of para-hydroxylation sites is 7. The molecule has 5 aromatic heterocycles. The number of nitrogens with zero attached hydrogens (tertiary/aromatic N) is 4. The maximum atomic E-state index is 7.83. The Hall–Kier alpha value is -11.3. The van der Waals surface area contributed by atoms with Crippen molar-refractivity contribution in [1.82, 2.24) is 9.97 Å².